The molecular weight excluding hydrogens is 402 g/mol. The van der Waals surface area contributed by atoms with Crippen molar-refractivity contribution in [3.05, 3.63) is 50.9 Å². The van der Waals surface area contributed by atoms with Crippen molar-refractivity contribution in [2.75, 3.05) is 19.5 Å². The fraction of sp³-hybridized carbons (Fsp3) is 0.222. The topological polar surface area (TPSA) is 74.5 Å². The van der Waals surface area contributed by atoms with Crippen LogP contribution in [0.2, 0.25) is 0 Å². The first-order valence-corrected chi connectivity index (χ1v) is 8.55. The number of fused-ring (bicyclic) bond motifs is 1. The number of halogens is 1. The molecule has 0 saturated carbocycles. The number of anilines is 1. The van der Waals surface area contributed by atoms with Gasteiger partial charge in [0.05, 0.1) is 36.5 Å². The lowest BCUT2D eigenvalue weighted by Crippen LogP contribution is -2.19. The van der Waals surface area contributed by atoms with E-state index >= 15 is 0 Å². The molecule has 0 aliphatic rings. The number of rotatable bonds is 4. The third-order valence-electron chi connectivity index (χ3n) is 4.26. The maximum absolute atomic E-state index is 12.7. The van der Waals surface area contributed by atoms with Gasteiger partial charge in [0.25, 0.3) is 5.91 Å². The number of benzene rings is 2. The number of imidazole rings is 1. The van der Waals surface area contributed by atoms with Crippen molar-refractivity contribution < 1.29 is 14.3 Å². The molecule has 0 bridgehead atoms. The van der Waals surface area contributed by atoms with Crippen LogP contribution < -0.4 is 20.5 Å². The van der Waals surface area contributed by atoms with E-state index in [4.69, 9.17) is 9.47 Å². The summed E-state index contributed by atoms with van der Waals surface area (Å²) < 4.78 is 14.3. The molecule has 0 spiro atoms. The summed E-state index contributed by atoms with van der Waals surface area (Å²) in [5.74, 6) is 0.714. The van der Waals surface area contributed by atoms with Gasteiger partial charge in [-0.25, -0.2) is 4.79 Å². The first-order chi connectivity index (χ1) is 12.4. The van der Waals surface area contributed by atoms with E-state index < -0.39 is 0 Å². The van der Waals surface area contributed by atoms with Crippen LogP contribution in [0.1, 0.15) is 10.4 Å². The number of carbonyl (C=O) groups is 1. The van der Waals surface area contributed by atoms with E-state index in [9.17, 15) is 9.59 Å². The summed E-state index contributed by atoms with van der Waals surface area (Å²) in [6.45, 7) is 0. The minimum Gasteiger partial charge on any atom is -0.497 e. The highest BCUT2D eigenvalue weighted by atomic mass is 79.9. The summed E-state index contributed by atoms with van der Waals surface area (Å²) in [5.41, 5.74) is 2.16. The number of carbonyl (C=O) groups excluding carboxylic acids is 1. The molecule has 7 nitrogen and oxygen atoms in total. The first kappa shape index (κ1) is 18.1. The number of ether oxygens (including phenoxy) is 2. The number of hydrogen-bond acceptors (Lipinski definition) is 4. The standard InChI is InChI=1S/C18H18BrN3O4/c1-21-14-8-13(16(26-4)9-15(14)22(2)18(21)24)20-17(23)11-7-10(25-3)5-6-12(11)19/h5-9H,1-4H3,(H,20,23). The second-order valence-electron chi connectivity index (χ2n) is 5.74. The molecule has 2 aromatic carbocycles. The molecule has 0 saturated heterocycles. The number of amides is 1. The summed E-state index contributed by atoms with van der Waals surface area (Å²) in [4.78, 5) is 24.9. The average Bonchev–Trinajstić information content (AvgIpc) is 2.85. The Hall–Kier alpha value is -2.74. The van der Waals surface area contributed by atoms with E-state index in [2.05, 4.69) is 21.2 Å². The van der Waals surface area contributed by atoms with Gasteiger partial charge < -0.3 is 14.8 Å². The Morgan fingerprint density at radius 2 is 1.69 bits per heavy atom. The highest BCUT2D eigenvalue weighted by molar-refractivity contribution is 9.10. The molecule has 1 amide bonds. The Morgan fingerprint density at radius 3 is 2.31 bits per heavy atom. The number of nitrogens with one attached hydrogen (secondary N) is 1. The molecule has 26 heavy (non-hydrogen) atoms. The second kappa shape index (κ2) is 6.87. The van der Waals surface area contributed by atoms with Gasteiger partial charge >= 0.3 is 5.69 Å². The van der Waals surface area contributed by atoms with E-state index in [0.29, 0.717) is 32.7 Å². The zero-order chi connectivity index (χ0) is 19.0. The predicted octanol–water partition coefficient (Wildman–Crippen LogP) is 2.91. The van der Waals surface area contributed by atoms with Crippen LogP contribution in [0.25, 0.3) is 11.0 Å². The lowest BCUT2D eigenvalue weighted by Gasteiger charge is -2.12. The van der Waals surface area contributed by atoms with Crippen LogP contribution in [0.5, 0.6) is 11.5 Å². The summed E-state index contributed by atoms with van der Waals surface area (Å²) in [6.07, 6.45) is 0. The summed E-state index contributed by atoms with van der Waals surface area (Å²) >= 11 is 3.38. The fourth-order valence-corrected chi connectivity index (χ4v) is 3.21. The summed E-state index contributed by atoms with van der Waals surface area (Å²) in [5, 5.41) is 2.84. The van der Waals surface area contributed by atoms with E-state index in [1.165, 1.54) is 23.4 Å². The fourth-order valence-electron chi connectivity index (χ4n) is 2.79. The van der Waals surface area contributed by atoms with E-state index in [0.717, 1.165) is 5.52 Å². The summed E-state index contributed by atoms with van der Waals surface area (Å²) in [7, 11) is 6.42. The van der Waals surface area contributed by atoms with Crippen molar-refractivity contribution in [1.82, 2.24) is 9.13 Å². The number of nitrogens with zero attached hydrogens (tertiary/aromatic N) is 2. The van der Waals surface area contributed by atoms with Crippen molar-refractivity contribution in [2.45, 2.75) is 0 Å². The average molecular weight is 420 g/mol. The first-order valence-electron chi connectivity index (χ1n) is 7.75. The zero-order valence-corrected chi connectivity index (χ0v) is 16.4. The second-order valence-corrected chi connectivity index (χ2v) is 6.60. The maximum Gasteiger partial charge on any atom is 0.328 e. The predicted molar refractivity (Wildman–Crippen MR) is 103 cm³/mol. The minimum absolute atomic E-state index is 0.152. The third kappa shape index (κ3) is 2.96. The molecule has 136 valence electrons. The van der Waals surface area contributed by atoms with Crippen molar-refractivity contribution in [3.8, 4) is 11.5 Å². The van der Waals surface area contributed by atoms with Crippen LogP contribution in [0.15, 0.2) is 39.6 Å². The van der Waals surface area contributed by atoms with Crippen molar-refractivity contribution >= 4 is 38.6 Å². The Kier molecular flexibility index (Phi) is 4.78. The molecule has 1 N–H and O–H groups in total. The highest BCUT2D eigenvalue weighted by Gasteiger charge is 2.17. The molecule has 8 heteroatoms. The Balaban J connectivity index is 2.07. The van der Waals surface area contributed by atoms with Gasteiger partial charge in [-0.2, -0.15) is 0 Å². The molecule has 0 radical (unpaired) electrons. The van der Waals surface area contributed by atoms with Crippen molar-refractivity contribution in [1.29, 1.82) is 0 Å². The van der Waals surface area contributed by atoms with Gasteiger partial charge in [0.1, 0.15) is 11.5 Å². The Morgan fingerprint density at radius 1 is 1.04 bits per heavy atom. The van der Waals surface area contributed by atoms with Crippen LogP contribution in [0.4, 0.5) is 5.69 Å². The van der Waals surface area contributed by atoms with Gasteiger partial charge in [-0.1, -0.05) is 0 Å². The Bertz CT molecular complexity index is 1070. The van der Waals surface area contributed by atoms with Gasteiger partial charge in [-0.05, 0) is 40.2 Å². The van der Waals surface area contributed by atoms with E-state index in [1.807, 2.05) is 0 Å². The molecule has 0 atom stereocenters. The number of aromatic nitrogens is 2. The largest absolute Gasteiger partial charge is 0.497 e. The molecular formula is C18H18BrN3O4. The van der Waals surface area contributed by atoms with Crippen molar-refractivity contribution in [3.63, 3.8) is 0 Å². The maximum atomic E-state index is 12.7. The van der Waals surface area contributed by atoms with Gasteiger partial charge in [0.2, 0.25) is 0 Å². The quantitative estimate of drug-likeness (QED) is 0.705. The van der Waals surface area contributed by atoms with Crippen LogP contribution in [-0.2, 0) is 14.1 Å². The minimum atomic E-state index is -0.325. The molecule has 1 aromatic heterocycles. The van der Waals surface area contributed by atoms with Gasteiger partial charge in [0, 0.05) is 24.6 Å². The van der Waals surface area contributed by atoms with E-state index in [-0.39, 0.29) is 11.6 Å². The smallest absolute Gasteiger partial charge is 0.328 e. The molecule has 3 rings (SSSR count). The highest BCUT2D eigenvalue weighted by Crippen LogP contribution is 2.31. The lowest BCUT2D eigenvalue weighted by molar-refractivity contribution is 0.102. The molecule has 1 heterocycles. The third-order valence-corrected chi connectivity index (χ3v) is 4.95. The van der Waals surface area contributed by atoms with Gasteiger partial charge in [0.15, 0.2) is 0 Å². The zero-order valence-electron chi connectivity index (χ0n) is 14.8. The van der Waals surface area contributed by atoms with Crippen LogP contribution in [0.3, 0.4) is 0 Å². The van der Waals surface area contributed by atoms with Crippen LogP contribution in [0, 0.1) is 0 Å². The number of hydrogen-bond donors (Lipinski definition) is 1. The monoisotopic (exact) mass is 419 g/mol. The molecule has 0 aliphatic carbocycles. The normalized spacial score (nSPS) is 10.8. The number of methoxy groups -OCH3 is 2. The van der Waals surface area contributed by atoms with Gasteiger partial charge in [-0.15, -0.1) is 0 Å². The Labute approximate surface area is 158 Å². The molecule has 0 fully saturated rings. The molecule has 0 unspecified atom stereocenters. The molecule has 3 aromatic rings. The number of aryl methyl sites for hydroxylation is 2. The summed E-state index contributed by atoms with van der Waals surface area (Å²) in [6, 6.07) is 8.60. The van der Waals surface area contributed by atoms with Gasteiger partial charge in [-0.3, -0.25) is 13.9 Å². The van der Waals surface area contributed by atoms with Crippen molar-refractivity contribution in [2.24, 2.45) is 14.1 Å². The SMILES string of the molecule is COc1ccc(Br)c(C(=O)Nc2cc3c(cc2OC)n(C)c(=O)n3C)c1. The molecule has 0 aliphatic heterocycles. The van der Waals surface area contributed by atoms with E-state index in [1.54, 1.807) is 44.4 Å². The lowest BCUT2D eigenvalue weighted by atomic mass is 10.2. The van der Waals surface area contributed by atoms with Crippen LogP contribution >= 0.6 is 15.9 Å². The van der Waals surface area contributed by atoms with Crippen LogP contribution in [-0.4, -0.2) is 29.3 Å².